The zero-order chi connectivity index (χ0) is 13.3. The molecule has 2 aromatic rings. The van der Waals surface area contributed by atoms with Gasteiger partial charge < -0.3 is 9.73 Å². The van der Waals surface area contributed by atoms with Crippen molar-refractivity contribution >= 4 is 0 Å². The lowest BCUT2D eigenvalue weighted by molar-refractivity contribution is 0.442. The summed E-state index contributed by atoms with van der Waals surface area (Å²) in [5.41, 5.74) is 5.06. The number of hydrogen-bond acceptors (Lipinski definition) is 2. The zero-order valence-corrected chi connectivity index (χ0v) is 11.8. The van der Waals surface area contributed by atoms with Crippen molar-refractivity contribution in [2.24, 2.45) is 0 Å². The van der Waals surface area contributed by atoms with Gasteiger partial charge in [0.2, 0.25) is 0 Å². The lowest BCUT2D eigenvalue weighted by Gasteiger charge is -2.17. The maximum atomic E-state index is 5.84. The molecular weight excluding hydrogens is 222 g/mol. The first-order chi connectivity index (χ1) is 8.52. The average molecular weight is 243 g/mol. The van der Waals surface area contributed by atoms with Crippen LogP contribution in [-0.2, 0) is 0 Å². The molecular formula is C16H21NO. The molecule has 1 aromatic heterocycles. The number of aryl methyl sites for hydroxylation is 4. The maximum absolute atomic E-state index is 5.84. The quantitative estimate of drug-likeness (QED) is 0.886. The minimum atomic E-state index is 0.123. The lowest BCUT2D eigenvalue weighted by atomic mass is 9.97. The molecule has 1 atom stereocenters. The van der Waals surface area contributed by atoms with E-state index in [2.05, 4.69) is 50.4 Å². The Morgan fingerprint density at radius 1 is 1.00 bits per heavy atom. The van der Waals surface area contributed by atoms with Gasteiger partial charge in [-0.1, -0.05) is 23.8 Å². The summed E-state index contributed by atoms with van der Waals surface area (Å²) in [6, 6.07) is 8.78. The molecule has 0 saturated carbocycles. The molecule has 0 aliphatic heterocycles. The van der Waals surface area contributed by atoms with Crippen LogP contribution in [0.1, 0.15) is 39.8 Å². The monoisotopic (exact) mass is 243 g/mol. The van der Waals surface area contributed by atoms with Crippen LogP contribution in [0.4, 0.5) is 0 Å². The van der Waals surface area contributed by atoms with Crippen molar-refractivity contribution in [2.45, 2.75) is 33.7 Å². The van der Waals surface area contributed by atoms with Gasteiger partial charge in [0.25, 0.3) is 0 Å². The van der Waals surface area contributed by atoms with Gasteiger partial charge in [-0.2, -0.15) is 0 Å². The summed E-state index contributed by atoms with van der Waals surface area (Å²) in [6.45, 7) is 8.35. The van der Waals surface area contributed by atoms with Crippen LogP contribution < -0.4 is 5.32 Å². The van der Waals surface area contributed by atoms with Crippen LogP contribution in [0, 0.1) is 27.7 Å². The van der Waals surface area contributed by atoms with Gasteiger partial charge >= 0.3 is 0 Å². The summed E-state index contributed by atoms with van der Waals surface area (Å²) >= 11 is 0. The molecule has 1 N–H and O–H groups in total. The second-order valence-electron chi connectivity index (χ2n) is 4.97. The second-order valence-corrected chi connectivity index (χ2v) is 4.97. The highest BCUT2D eigenvalue weighted by molar-refractivity contribution is 5.37. The van der Waals surface area contributed by atoms with E-state index in [0.29, 0.717) is 0 Å². The van der Waals surface area contributed by atoms with Gasteiger partial charge in [0.1, 0.15) is 11.5 Å². The van der Waals surface area contributed by atoms with Crippen molar-refractivity contribution in [3.63, 3.8) is 0 Å². The van der Waals surface area contributed by atoms with Gasteiger partial charge in [-0.3, -0.25) is 0 Å². The minimum absolute atomic E-state index is 0.123. The summed E-state index contributed by atoms with van der Waals surface area (Å²) in [4.78, 5) is 0. The van der Waals surface area contributed by atoms with E-state index in [1.165, 1.54) is 22.3 Å². The molecule has 2 rings (SSSR count). The van der Waals surface area contributed by atoms with Crippen LogP contribution in [0.5, 0.6) is 0 Å². The van der Waals surface area contributed by atoms with Gasteiger partial charge in [0.05, 0.1) is 6.04 Å². The predicted octanol–water partition coefficient (Wildman–Crippen LogP) is 3.82. The van der Waals surface area contributed by atoms with Crippen molar-refractivity contribution < 1.29 is 4.42 Å². The van der Waals surface area contributed by atoms with Crippen molar-refractivity contribution in [1.82, 2.24) is 5.32 Å². The first-order valence-corrected chi connectivity index (χ1v) is 6.34. The van der Waals surface area contributed by atoms with Gasteiger partial charge in [-0.15, -0.1) is 0 Å². The molecule has 0 fully saturated rings. The summed E-state index contributed by atoms with van der Waals surface area (Å²) in [5, 5.41) is 3.34. The fourth-order valence-corrected chi connectivity index (χ4v) is 2.34. The standard InChI is InChI=1S/C16H21NO/c1-10-6-7-14(12(3)8-10)16(17-5)15-9-11(2)13(4)18-15/h6-9,16-17H,1-5H3. The third-order valence-electron chi connectivity index (χ3n) is 3.49. The highest BCUT2D eigenvalue weighted by Gasteiger charge is 2.18. The maximum Gasteiger partial charge on any atom is 0.125 e. The fourth-order valence-electron chi connectivity index (χ4n) is 2.34. The summed E-state index contributed by atoms with van der Waals surface area (Å²) in [5.74, 6) is 1.98. The van der Waals surface area contributed by atoms with Gasteiger partial charge in [0, 0.05) is 0 Å². The highest BCUT2D eigenvalue weighted by Crippen LogP contribution is 2.28. The first kappa shape index (κ1) is 12.9. The van der Waals surface area contributed by atoms with E-state index in [0.717, 1.165) is 11.5 Å². The van der Waals surface area contributed by atoms with E-state index < -0.39 is 0 Å². The van der Waals surface area contributed by atoms with Crippen LogP contribution in [-0.4, -0.2) is 7.05 Å². The first-order valence-electron chi connectivity index (χ1n) is 6.34. The molecule has 0 amide bonds. The molecule has 0 radical (unpaired) electrons. The summed E-state index contributed by atoms with van der Waals surface area (Å²) < 4.78 is 5.84. The summed E-state index contributed by atoms with van der Waals surface area (Å²) in [6.07, 6.45) is 0. The Bertz CT molecular complexity index is 535. The Hall–Kier alpha value is -1.54. The van der Waals surface area contributed by atoms with Crippen LogP contribution in [0.3, 0.4) is 0 Å². The molecule has 2 nitrogen and oxygen atoms in total. The van der Waals surface area contributed by atoms with Crippen LogP contribution >= 0.6 is 0 Å². The Labute approximate surface area is 109 Å². The average Bonchev–Trinajstić information content (AvgIpc) is 2.63. The van der Waals surface area contributed by atoms with Gasteiger partial charge in [0.15, 0.2) is 0 Å². The largest absolute Gasteiger partial charge is 0.464 e. The van der Waals surface area contributed by atoms with E-state index >= 15 is 0 Å². The van der Waals surface area contributed by atoms with E-state index in [1.54, 1.807) is 0 Å². The van der Waals surface area contributed by atoms with Crippen molar-refractivity contribution in [2.75, 3.05) is 7.05 Å². The smallest absolute Gasteiger partial charge is 0.125 e. The Balaban J connectivity index is 2.45. The number of rotatable bonds is 3. The van der Waals surface area contributed by atoms with E-state index in [-0.39, 0.29) is 6.04 Å². The SMILES string of the molecule is CNC(c1cc(C)c(C)o1)c1ccc(C)cc1C. The molecule has 18 heavy (non-hydrogen) atoms. The van der Waals surface area contributed by atoms with Crippen LogP contribution in [0.25, 0.3) is 0 Å². The molecule has 1 heterocycles. The second kappa shape index (κ2) is 4.99. The molecule has 0 spiro atoms. The summed E-state index contributed by atoms with van der Waals surface area (Å²) in [7, 11) is 1.97. The van der Waals surface area contributed by atoms with Gasteiger partial charge in [-0.05, 0) is 57.5 Å². The normalized spacial score (nSPS) is 12.7. The fraction of sp³-hybridized carbons (Fsp3) is 0.375. The van der Waals surface area contributed by atoms with E-state index in [1.807, 2.05) is 14.0 Å². The number of benzene rings is 1. The van der Waals surface area contributed by atoms with Crippen molar-refractivity contribution in [3.05, 3.63) is 58.0 Å². The molecule has 96 valence electrons. The molecule has 1 aromatic carbocycles. The van der Waals surface area contributed by atoms with Crippen molar-refractivity contribution in [3.8, 4) is 0 Å². The third kappa shape index (κ3) is 2.34. The molecule has 2 heteroatoms. The Morgan fingerprint density at radius 3 is 2.22 bits per heavy atom. The van der Waals surface area contributed by atoms with Crippen LogP contribution in [0.2, 0.25) is 0 Å². The molecule has 0 bridgehead atoms. The molecule has 0 aliphatic rings. The number of hydrogen-bond donors (Lipinski definition) is 1. The predicted molar refractivity (Wildman–Crippen MR) is 75.0 cm³/mol. The highest BCUT2D eigenvalue weighted by atomic mass is 16.3. The third-order valence-corrected chi connectivity index (χ3v) is 3.49. The van der Waals surface area contributed by atoms with E-state index in [4.69, 9.17) is 4.42 Å². The zero-order valence-electron chi connectivity index (χ0n) is 11.8. The molecule has 1 unspecified atom stereocenters. The van der Waals surface area contributed by atoms with E-state index in [9.17, 15) is 0 Å². The molecule has 0 aliphatic carbocycles. The minimum Gasteiger partial charge on any atom is -0.464 e. The Morgan fingerprint density at radius 2 is 1.72 bits per heavy atom. The lowest BCUT2D eigenvalue weighted by Crippen LogP contribution is -2.18. The number of nitrogens with one attached hydrogen (secondary N) is 1. The number of furan rings is 1. The van der Waals surface area contributed by atoms with Crippen molar-refractivity contribution in [1.29, 1.82) is 0 Å². The Kier molecular flexibility index (Phi) is 3.58. The van der Waals surface area contributed by atoms with Crippen LogP contribution in [0.15, 0.2) is 28.7 Å². The molecule has 0 saturated heterocycles. The van der Waals surface area contributed by atoms with Gasteiger partial charge in [-0.25, -0.2) is 0 Å². The topological polar surface area (TPSA) is 25.2 Å².